The smallest absolute Gasteiger partial charge is 0.320 e. The molecule has 0 unspecified atom stereocenters. The van der Waals surface area contributed by atoms with Gasteiger partial charge in [-0.1, -0.05) is 32.4 Å². The first-order valence-electron chi connectivity index (χ1n) is 5.75. The summed E-state index contributed by atoms with van der Waals surface area (Å²) in [7, 11) is 0. The molecule has 0 amide bonds. The zero-order chi connectivity index (χ0) is 12.8. The topological polar surface area (TPSA) is 49.3 Å². The van der Waals surface area contributed by atoms with Crippen molar-refractivity contribution in [1.29, 1.82) is 0 Å². The van der Waals surface area contributed by atoms with E-state index < -0.39 is 12.0 Å². The second kappa shape index (κ2) is 6.35. The minimum absolute atomic E-state index is 0.0629. The number of hydrogen-bond donors (Lipinski definition) is 2. The first kappa shape index (κ1) is 13.6. The van der Waals surface area contributed by atoms with Gasteiger partial charge in [0.25, 0.3) is 0 Å². The van der Waals surface area contributed by atoms with Crippen molar-refractivity contribution in [2.24, 2.45) is 5.92 Å². The molecule has 0 aromatic heterocycles. The second-order valence-electron chi connectivity index (χ2n) is 4.21. The van der Waals surface area contributed by atoms with E-state index in [0.717, 1.165) is 12.0 Å². The molecule has 4 heteroatoms. The maximum absolute atomic E-state index is 12.7. The Kier molecular flexibility index (Phi) is 5.10. The lowest BCUT2D eigenvalue weighted by Crippen LogP contribution is -2.41. The van der Waals surface area contributed by atoms with Crippen LogP contribution in [0.25, 0.3) is 0 Å². The third-order valence-electron chi connectivity index (χ3n) is 2.92. The molecule has 0 saturated heterocycles. The third-order valence-corrected chi connectivity index (χ3v) is 2.92. The number of rotatable bonds is 6. The molecular weight excluding hydrogens is 221 g/mol. The highest BCUT2D eigenvalue weighted by Crippen LogP contribution is 2.09. The van der Waals surface area contributed by atoms with Gasteiger partial charge in [-0.25, -0.2) is 4.39 Å². The van der Waals surface area contributed by atoms with Crippen LogP contribution in [0.3, 0.4) is 0 Å². The number of carboxylic acids is 1. The summed E-state index contributed by atoms with van der Waals surface area (Å²) in [5.74, 6) is -1.07. The van der Waals surface area contributed by atoms with Gasteiger partial charge in [0.05, 0.1) is 0 Å². The van der Waals surface area contributed by atoms with Gasteiger partial charge < -0.3 is 10.4 Å². The van der Waals surface area contributed by atoms with Crippen LogP contribution in [0.5, 0.6) is 0 Å². The molecule has 0 aliphatic heterocycles. The van der Waals surface area contributed by atoms with Crippen LogP contribution in [0.15, 0.2) is 24.3 Å². The summed E-state index contributed by atoms with van der Waals surface area (Å²) >= 11 is 0. The van der Waals surface area contributed by atoms with Crippen LogP contribution in [0, 0.1) is 11.7 Å². The maximum Gasteiger partial charge on any atom is 0.320 e. The van der Waals surface area contributed by atoms with Crippen molar-refractivity contribution >= 4 is 5.97 Å². The normalized spacial score (nSPS) is 14.3. The highest BCUT2D eigenvalue weighted by atomic mass is 19.1. The van der Waals surface area contributed by atoms with E-state index in [1.807, 2.05) is 13.8 Å². The van der Waals surface area contributed by atoms with Gasteiger partial charge in [0, 0.05) is 6.54 Å². The molecule has 0 saturated carbocycles. The van der Waals surface area contributed by atoms with Crippen molar-refractivity contribution < 1.29 is 14.3 Å². The molecule has 0 bridgehead atoms. The summed E-state index contributed by atoms with van der Waals surface area (Å²) in [6.07, 6.45) is 0.799. The van der Waals surface area contributed by atoms with E-state index in [-0.39, 0.29) is 11.7 Å². The van der Waals surface area contributed by atoms with Crippen LogP contribution in [0.1, 0.15) is 25.8 Å². The van der Waals surface area contributed by atoms with E-state index in [4.69, 9.17) is 5.11 Å². The van der Waals surface area contributed by atoms with E-state index in [9.17, 15) is 9.18 Å². The van der Waals surface area contributed by atoms with Gasteiger partial charge >= 0.3 is 5.97 Å². The van der Waals surface area contributed by atoms with Gasteiger partial charge in [-0.15, -0.1) is 0 Å². The molecule has 0 spiro atoms. The fourth-order valence-electron chi connectivity index (χ4n) is 1.60. The van der Waals surface area contributed by atoms with Gasteiger partial charge in [-0.05, 0) is 23.6 Å². The molecule has 0 heterocycles. The minimum atomic E-state index is -0.846. The molecule has 2 N–H and O–H groups in total. The quantitative estimate of drug-likeness (QED) is 0.801. The number of benzene rings is 1. The Labute approximate surface area is 101 Å². The van der Waals surface area contributed by atoms with Crippen LogP contribution < -0.4 is 5.32 Å². The number of carbonyl (C=O) groups is 1. The zero-order valence-corrected chi connectivity index (χ0v) is 10.1. The molecular formula is C13H18FNO2. The number of nitrogens with one attached hydrogen (secondary N) is 1. The van der Waals surface area contributed by atoms with Crippen molar-refractivity contribution in [3.05, 3.63) is 35.6 Å². The molecule has 0 aliphatic rings. The lowest BCUT2D eigenvalue weighted by atomic mass is 9.99. The monoisotopic (exact) mass is 239 g/mol. The first-order chi connectivity index (χ1) is 8.04. The molecule has 1 aromatic rings. The van der Waals surface area contributed by atoms with Crippen LogP contribution in [0.4, 0.5) is 4.39 Å². The molecule has 3 nitrogen and oxygen atoms in total. The Morgan fingerprint density at radius 2 is 2.00 bits per heavy atom. The van der Waals surface area contributed by atoms with Crippen LogP contribution in [-0.4, -0.2) is 17.1 Å². The summed E-state index contributed by atoms with van der Waals surface area (Å²) in [6, 6.07) is 5.48. The highest BCUT2D eigenvalue weighted by Gasteiger charge is 2.22. The lowest BCUT2D eigenvalue weighted by Gasteiger charge is -2.20. The SMILES string of the molecule is CC[C@H](C)[C@H](NCc1ccc(F)cc1)C(=O)O. The number of aliphatic carboxylic acids is 1. The van der Waals surface area contributed by atoms with Crippen molar-refractivity contribution in [2.45, 2.75) is 32.9 Å². The van der Waals surface area contributed by atoms with Gasteiger partial charge in [-0.2, -0.15) is 0 Å². The van der Waals surface area contributed by atoms with E-state index in [1.165, 1.54) is 12.1 Å². The van der Waals surface area contributed by atoms with Gasteiger partial charge in [-0.3, -0.25) is 4.79 Å². The van der Waals surface area contributed by atoms with Crippen molar-refractivity contribution in [3.63, 3.8) is 0 Å². The molecule has 17 heavy (non-hydrogen) atoms. The largest absolute Gasteiger partial charge is 0.480 e. The zero-order valence-electron chi connectivity index (χ0n) is 10.1. The number of halogens is 1. The lowest BCUT2D eigenvalue weighted by molar-refractivity contribution is -0.140. The minimum Gasteiger partial charge on any atom is -0.480 e. The highest BCUT2D eigenvalue weighted by molar-refractivity contribution is 5.73. The van der Waals surface area contributed by atoms with Gasteiger partial charge in [0.1, 0.15) is 11.9 Å². The Morgan fingerprint density at radius 1 is 1.41 bits per heavy atom. The Hall–Kier alpha value is -1.42. The van der Waals surface area contributed by atoms with Crippen molar-refractivity contribution in [3.8, 4) is 0 Å². The van der Waals surface area contributed by atoms with E-state index in [1.54, 1.807) is 12.1 Å². The summed E-state index contributed by atoms with van der Waals surface area (Å²) in [4.78, 5) is 11.1. The Morgan fingerprint density at radius 3 is 2.47 bits per heavy atom. The second-order valence-corrected chi connectivity index (χ2v) is 4.21. The molecule has 94 valence electrons. The van der Waals surface area contributed by atoms with Crippen molar-refractivity contribution in [2.75, 3.05) is 0 Å². The molecule has 0 radical (unpaired) electrons. The predicted molar refractivity (Wildman–Crippen MR) is 64.1 cm³/mol. The average molecular weight is 239 g/mol. The Bertz CT molecular complexity index is 364. The third kappa shape index (κ3) is 4.15. The van der Waals surface area contributed by atoms with Crippen LogP contribution >= 0.6 is 0 Å². The summed E-state index contributed by atoms with van der Waals surface area (Å²) in [5.41, 5.74) is 0.876. The Balaban J connectivity index is 2.57. The number of carboxylic acid groups (broad SMARTS) is 1. The molecule has 1 aromatic carbocycles. The molecule has 2 atom stereocenters. The average Bonchev–Trinajstić information content (AvgIpc) is 2.31. The maximum atomic E-state index is 12.7. The standard InChI is InChI=1S/C13H18FNO2/c1-3-9(2)12(13(16)17)15-8-10-4-6-11(14)7-5-10/h4-7,9,12,15H,3,8H2,1-2H3,(H,16,17)/t9-,12-/m0/s1. The van der Waals surface area contributed by atoms with E-state index in [2.05, 4.69) is 5.32 Å². The van der Waals surface area contributed by atoms with Crippen LogP contribution in [0.2, 0.25) is 0 Å². The van der Waals surface area contributed by atoms with Gasteiger partial charge in [0.15, 0.2) is 0 Å². The van der Waals surface area contributed by atoms with E-state index >= 15 is 0 Å². The molecule has 1 rings (SSSR count). The predicted octanol–water partition coefficient (Wildman–Crippen LogP) is 2.41. The number of hydrogen-bond acceptors (Lipinski definition) is 2. The molecule has 0 fully saturated rings. The fraction of sp³-hybridized carbons (Fsp3) is 0.462. The van der Waals surface area contributed by atoms with Crippen molar-refractivity contribution in [1.82, 2.24) is 5.32 Å². The van der Waals surface area contributed by atoms with E-state index in [0.29, 0.717) is 6.54 Å². The first-order valence-corrected chi connectivity index (χ1v) is 5.75. The summed E-state index contributed by atoms with van der Waals surface area (Å²) < 4.78 is 12.7. The summed E-state index contributed by atoms with van der Waals surface area (Å²) in [5, 5.41) is 12.1. The van der Waals surface area contributed by atoms with Crippen LogP contribution in [-0.2, 0) is 11.3 Å². The summed E-state index contributed by atoms with van der Waals surface area (Å²) in [6.45, 7) is 4.29. The van der Waals surface area contributed by atoms with Gasteiger partial charge in [0.2, 0.25) is 0 Å². The molecule has 0 aliphatic carbocycles. The fourth-order valence-corrected chi connectivity index (χ4v) is 1.60.